The Kier molecular flexibility index (Phi) is 6.25. The lowest BCUT2D eigenvalue weighted by molar-refractivity contribution is 0.411. The molecule has 0 aliphatic heterocycles. The normalized spacial score (nSPS) is 13.3. The van der Waals surface area contributed by atoms with Crippen molar-refractivity contribution in [1.29, 1.82) is 0 Å². The predicted octanol–water partition coefficient (Wildman–Crippen LogP) is 1.86. The Hall–Kier alpha value is -0.630. The molecule has 0 amide bonds. The van der Waals surface area contributed by atoms with Crippen LogP contribution in [-0.2, 0) is 10.0 Å². The van der Waals surface area contributed by atoms with Crippen molar-refractivity contribution < 1.29 is 13.2 Å². The van der Waals surface area contributed by atoms with Crippen molar-refractivity contribution in [3.63, 3.8) is 0 Å². The molecule has 0 bridgehead atoms. The quantitative estimate of drug-likeness (QED) is 0.786. The van der Waals surface area contributed by atoms with E-state index in [0.29, 0.717) is 16.6 Å². The lowest BCUT2D eigenvalue weighted by atomic mass is 10.2. The van der Waals surface area contributed by atoms with E-state index < -0.39 is 10.0 Å². The highest BCUT2D eigenvalue weighted by molar-refractivity contribution is 9.10. The lowest BCUT2D eigenvalue weighted by Gasteiger charge is -2.16. The molecule has 1 unspecified atom stereocenters. The number of halogens is 1. The minimum Gasteiger partial charge on any atom is -0.496 e. The van der Waals surface area contributed by atoms with Gasteiger partial charge in [0.2, 0.25) is 10.0 Å². The molecule has 0 saturated heterocycles. The van der Waals surface area contributed by atoms with Gasteiger partial charge in [-0.1, -0.05) is 13.3 Å². The number of ether oxygens (including phenoxy) is 1. The Bertz CT molecular complexity index is 520. The number of methoxy groups -OCH3 is 1. The van der Waals surface area contributed by atoms with Gasteiger partial charge in [-0.3, -0.25) is 0 Å². The van der Waals surface area contributed by atoms with Crippen LogP contribution in [0.5, 0.6) is 5.75 Å². The van der Waals surface area contributed by atoms with Gasteiger partial charge >= 0.3 is 0 Å². The van der Waals surface area contributed by atoms with Gasteiger partial charge in [0.05, 0.1) is 16.5 Å². The zero-order chi connectivity index (χ0) is 14.5. The SMILES string of the molecule is CCCC(CN)NS(=O)(=O)c1ccc(OC)c(Br)c1. The Labute approximate surface area is 122 Å². The largest absolute Gasteiger partial charge is 0.496 e. The van der Waals surface area contributed by atoms with Crippen LogP contribution < -0.4 is 15.2 Å². The smallest absolute Gasteiger partial charge is 0.240 e. The van der Waals surface area contributed by atoms with Crippen LogP contribution in [0.15, 0.2) is 27.6 Å². The van der Waals surface area contributed by atoms with Gasteiger partial charge in [0.1, 0.15) is 5.75 Å². The molecule has 0 aliphatic carbocycles. The minimum atomic E-state index is -3.56. The molecule has 0 saturated carbocycles. The third kappa shape index (κ3) is 4.45. The molecule has 19 heavy (non-hydrogen) atoms. The van der Waals surface area contributed by atoms with E-state index in [-0.39, 0.29) is 17.5 Å². The molecule has 1 rings (SSSR count). The first-order chi connectivity index (χ1) is 8.94. The summed E-state index contributed by atoms with van der Waals surface area (Å²) in [7, 11) is -2.03. The molecule has 0 aliphatic rings. The second-order valence-corrected chi connectivity index (χ2v) is 6.71. The van der Waals surface area contributed by atoms with Crippen molar-refractivity contribution in [3.05, 3.63) is 22.7 Å². The zero-order valence-electron chi connectivity index (χ0n) is 11.0. The Balaban J connectivity index is 2.96. The maximum absolute atomic E-state index is 12.2. The van der Waals surface area contributed by atoms with Crippen molar-refractivity contribution in [3.8, 4) is 5.75 Å². The summed E-state index contributed by atoms with van der Waals surface area (Å²) >= 11 is 3.27. The van der Waals surface area contributed by atoms with Gasteiger partial charge in [0, 0.05) is 12.6 Å². The van der Waals surface area contributed by atoms with Gasteiger partial charge in [0.25, 0.3) is 0 Å². The molecule has 7 heteroatoms. The molecule has 0 radical (unpaired) electrons. The van der Waals surface area contributed by atoms with Gasteiger partial charge in [-0.15, -0.1) is 0 Å². The highest BCUT2D eigenvalue weighted by atomic mass is 79.9. The summed E-state index contributed by atoms with van der Waals surface area (Å²) in [6, 6.07) is 4.39. The molecule has 3 N–H and O–H groups in total. The Morgan fingerprint density at radius 3 is 2.63 bits per heavy atom. The van der Waals surface area contributed by atoms with E-state index in [1.807, 2.05) is 6.92 Å². The van der Waals surface area contributed by atoms with Crippen molar-refractivity contribution >= 4 is 26.0 Å². The van der Waals surface area contributed by atoms with Crippen molar-refractivity contribution in [2.75, 3.05) is 13.7 Å². The Morgan fingerprint density at radius 2 is 2.16 bits per heavy atom. The van der Waals surface area contributed by atoms with Crippen molar-refractivity contribution in [2.45, 2.75) is 30.7 Å². The second kappa shape index (κ2) is 7.23. The summed E-state index contributed by atoms with van der Waals surface area (Å²) in [5, 5.41) is 0. The zero-order valence-corrected chi connectivity index (χ0v) is 13.4. The lowest BCUT2D eigenvalue weighted by Crippen LogP contribution is -2.39. The summed E-state index contributed by atoms with van der Waals surface area (Å²) in [5.74, 6) is 0.586. The fourth-order valence-electron chi connectivity index (χ4n) is 1.68. The van der Waals surface area contributed by atoms with E-state index in [2.05, 4.69) is 20.7 Å². The highest BCUT2D eigenvalue weighted by Gasteiger charge is 2.19. The molecule has 0 fully saturated rings. The van der Waals surface area contributed by atoms with Crippen molar-refractivity contribution in [2.24, 2.45) is 5.73 Å². The number of nitrogens with one attached hydrogen (secondary N) is 1. The molecule has 1 aromatic rings. The van der Waals surface area contributed by atoms with Crippen LogP contribution in [0.25, 0.3) is 0 Å². The number of rotatable bonds is 7. The van der Waals surface area contributed by atoms with E-state index in [1.54, 1.807) is 6.07 Å². The summed E-state index contributed by atoms with van der Waals surface area (Å²) < 4.78 is 32.7. The average Bonchev–Trinajstić information content (AvgIpc) is 2.37. The number of nitrogens with two attached hydrogens (primary N) is 1. The summed E-state index contributed by atoms with van der Waals surface area (Å²) in [4.78, 5) is 0.190. The number of hydrogen-bond acceptors (Lipinski definition) is 4. The molecule has 0 heterocycles. The van der Waals surface area contributed by atoms with E-state index in [4.69, 9.17) is 10.5 Å². The third-order valence-corrected chi connectivity index (χ3v) is 4.81. The summed E-state index contributed by atoms with van der Waals surface area (Å²) in [6.07, 6.45) is 1.59. The van der Waals surface area contributed by atoms with E-state index in [0.717, 1.165) is 6.42 Å². The molecule has 0 spiro atoms. The summed E-state index contributed by atoms with van der Waals surface area (Å²) in [6.45, 7) is 2.27. The van der Waals surface area contributed by atoms with Crippen LogP contribution in [0.4, 0.5) is 0 Å². The second-order valence-electron chi connectivity index (χ2n) is 4.14. The van der Waals surface area contributed by atoms with Gasteiger partial charge < -0.3 is 10.5 Å². The maximum atomic E-state index is 12.2. The van der Waals surface area contributed by atoms with Crippen LogP contribution >= 0.6 is 15.9 Å². The van der Waals surface area contributed by atoms with Crippen LogP contribution in [0, 0.1) is 0 Å². The number of benzene rings is 1. The molecule has 1 atom stereocenters. The predicted molar refractivity (Wildman–Crippen MR) is 78.8 cm³/mol. The first-order valence-electron chi connectivity index (χ1n) is 6.00. The monoisotopic (exact) mass is 350 g/mol. The number of hydrogen-bond donors (Lipinski definition) is 2. The molecule has 5 nitrogen and oxygen atoms in total. The topological polar surface area (TPSA) is 81.4 Å². The van der Waals surface area contributed by atoms with Gasteiger partial charge in [-0.25, -0.2) is 13.1 Å². The van der Waals surface area contributed by atoms with Crippen molar-refractivity contribution in [1.82, 2.24) is 4.72 Å². The Morgan fingerprint density at radius 1 is 1.47 bits per heavy atom. The highest BCUT2D eigenvalue weighted by Crippen LogP contribution is 2.27. The van der Waals surface area contributed by atoms with Crippen LogP contribution in [0.3, 0.4) is 0 Å². The maximum Gasteiger partial charge on any atom is 0.240 e. The number of sulfonamides is 1. The van der Waals surface area contributed by atoms with E-state index in [1.165, 1.54) is 19.2 Å². The van der Waals surface area contributed by atoms with Gasteiger partial charge in [0.15, 0.2) is 0 Å². The molecular formula is C12H19BrN2O3S. The van der Waals surface area contributed by atoms with Gasteiger partial charge in [-0.2, -0.15) is 0 Å². The van der Waals surface area contributed by atoms with Crippen LogP contribution in [-0.4, -0.2) is 28.1 Å². The molecule has 0 aromatic heterocycles. The fraction of sp³-hybridized carbons (Fsp3) is 0.500. The van der Waals surface area contributed by atoms with Crippen LogP contribution in [0.1, 0.15) is 19.8 Å². The van der Waals surface area contributed by atoms with E-state index in [9.17, 15) is 8.42 Å². The van der Waals surface area contributed by atoms with E-state index >= 15 is 0 Å². The average molecular weight is 351 g/mol. The van der Waals surface area contributed by atoms with Gasteiger partial charge in [-0.05, 0) is 40.5 Å². The van der Waals surface area contributed by atoms with Crippen LogP contribution in [0.2, 0.25) is 0 Å². The first kappa shape index (κ1) is 16.4. The minimum absolute atomic E-state index is 0.190. The molecular weight excluding hydrogens is 332 g/mol. The molecule has 108 valence electrons. The standard InChI is InChI=1S/C12H19BrN2O3S/c1-3-4-9(8-14)15-19(16,17)10-5-6-12(18-2)11(13)7-10/h5-7,9,15H,3-4,8,14H2,1-2H3. The first-order valence-corrected chi connectivity index (χ1v) is 8.28. The molecule has 1 aromatic carbocycles. The summed E-state index contributed by atoms with van der Waals surface area (Å²) in [5.41, 5.74) is 5.56. The fourth-order valence-corrected chi connectivity index (χ4v) is 3.68. The third-order valence-electron chi connectivity index (χ3n) is 2.68.